The van der Waals surface area contributed by atoms with E-state index in [2.05, 4.69) is 19.5 Å². The van der Waals surface area contributed by atoms with Gasteiger partial charge in [-0.3, -0.25) is 9.52 Å². The number of fused-ring (bicyclic) bond motifs is 1. The Balaban J connectivity index is 0.00000210. The number of aromatic nitrogens is 1. The Morgan fingerprint density at radius 2 is 2.00 bits per heavy atom. The Bertz CT molecular complexity index is 1360. The van der Waals surface area contributed by atoms with Gasteiger partial charge in [0.15, 0.2) is 5.13 Å². The van der Waals surface area contributed by atoms with E-state index in [1.807, 2.05) is 18.2 Å². The summed E-state index contributed by atoms with van der Waals surface area (Å²) in [5.41, 5.74) is 3.03. The first-order valence-corrected chi connectivity index (χ1v) is 14.8. The second kappa shape index (κ2) is 10.9. The number of nitrogens with one attached hydrogen (secondary N) is 1. The molecule has 0 unspecified atom stereocenters. The van der Waals surface area contributed by atoms with Crippen molar-refractivity contribution in [2.24, 2.45) is 0 Å². The molecular formula is C25H32ClN5O4S2. The minimum atomic E-state index is -3.73. The zero-order valence-corrected chi connectivity index (χ0v) is 22.5. The summed E-state index contributed by atoms with van der Waals surface area (Å²) in [4.78, 5) is 23.3. The van der Waals surface area contributed by atoms with Crippen molar-refractivity contribution < 1.29 is 21.2 Å². The van der Waals surface area contributed by atoms with Crippen molar-refractivity contribution in [2.45, 2.75) is 23.8 Å². The highest BCUT2D eigenvalue weighted by Crippen LogP contribution is 2.30. The van der Waals surface area contributed by atoms with E-state index in [0.717, 1.165) is 36.3 Å². The second-order valence-electron chi connectivity index (χ2n) is 9.10. The van der Waals surface area contributed by atoms with Crippen LogP contribution in [0.3, 0.4) is 0 Å². The van der Waals surface area contributed by atoms with E-state index in [9.17, 15) is 18.3 Å². The molecule has 9 nitrogen and oxygen atoms in total. The number of sulfonamides is 1. The van der Waals surface area contributed by atoms with Gasteiger partial charge in [0.2, 0.25) is 5.91 Å². The highest BCUT2D eigenvalue weighted by Gasteiger charge is 2.32. The highest BCUT2D eigenvalue weighted by atomic mass is 35.5. The fraction of sp³-hybridized carbons (Fsp3) is 0.360. The monoisotopic (exact) mass is 565 g/mol. The number of carbonyl (C=O) groups excluding carboxylic acids is 1. The molecule has 2 aromatic carbocycles. The number of carbonyl (C=O) groups is 1. The number of hydrogen-bond donors (Lipinski definition) is 2. The number of halogens is 1. The molecule has 2 N–H and O–H groups in total. The fourth-order valence-corrected chi connectivity index (χ4v) is 6.90. The number of rotatable bonds is 7. The molecule has 0 bridgehead atoms. The average molecular weight is 566 g/mol. The molecule has 3 aromatic rings. The topological polar surface area (TPSA) is 106 Å². The molecule has 2 aliphatic rings. The van der Waals surface area contributed by atoms with Gasteiger partial charge in [-0.05, 0) is 60.9 Å². The SMILES string of the molecule is O=C(CN1CCCc2cc(Cl)ccc21)N1CCN(c2ccc(S(=O)(=O)Nc3nccs3)cc2)C[C@H]1CO.[HH].[HH]. The number of thiazole rings is 1. The molecule has 0 spiro atoms. The van der Waals surface area contributed by atoms with Crippen molar-refractivity contribution in [3.05, 3.63) is 64.6 Å². The first kappa shape index (κ1) is 25.8. The number of aryl methyl sites for hydroxylation is 1. The Hall–Kier alpha value is -2.86. The normalized spacial score (nSPS) is 18.0. The maximum absolute atomic E-state index is 13.3. The van der Waals surface area contributed by atoms with Crippen LogP contribution in [0.25, 0.3) is 0 Å². The summed E-state index contributed by atoms with van der Waals surface area (Å²) >= 11 is 7.36. The van der Waals surface area contributed by atoms with Crippen molar-refractivity contribution in [3.8, 4) is 0 Å². The molecule has 1 saturated heterocycles. The van der Waals surface area contributed by atoms with Crippen LogP contribution in [0.15, 0.2) is 58.9 Å². The molecule has 1 fully saturated rings. The molecule has 12 heteroatoms. The Labute approximate surface area is 228 Å². The number of piperazine rings is 1. The minimum Gasteiger partial charge on any atom is -0.394 e. The van der Waals surface area contributed by atoms with Crippen LogP contribution in [-0.2, 0) is 21.2 Å². The summed E-state index contributed by atoms with van der Waals surface area (Å²) < 4.78 is 27.7. The fourth-order valence-electron chi connectivity index (χ4n) is 4.92. The summed E-state index contributed by atoms with van der Waals surface area (Å²) in [6, 6.07) is 12.0. The molecule has 1 aromatic heterocycles. The summed E-state index contributed by atoms with van der Waals surface area (Å²) in [6.07, 6.45) is 3.44. The molecule has 1 amide bonds. The summed E-state index contributed by atoms with van der Waals surface area (Å²) in [5, 5.41) is 12.8. The highest BCUT2D eigenvalue weighted by molar-refractivity contribution is 7.93. The summed E-state index contributed by atoms with van der Waals surface area (Å²) in [6.45, 7) is 2.41. The van der Waals surface area contributed by atoms with E-state index >= 15 is 0 Å². The standard InChI is InChI=1S/C25H28ClN5O4S2.2H2/c26-19-3-8-23-18(14-19)2-1-10-30(23)16-24(33)31-12-11-29(15-21(31)17-32)20-4-6-22(7-5-20)37(34,35)28-25-27-9-13-36-25;;/h3-9,13-14,21,32H,1-2,10-12,15-17H2,(H,27,28);2*1H/t21-;;/m0../s1. The molecular weight excluding hydrogens is 534 g/mol. The number of amides is 1. The van der Waals surface area contributed by atoms with E-state index < -0.39 is 10.0 Å². The van der Waals surface area contributed by atoms with Crippen LogP contribution in [0.4, 0.5) is 16.5 Å². The Morgan fingerprint density at radius 3 is 2.73 bits per heavy atom. The number of anilines is 3. The molecule has 0 saturated carbocycles. The van der Waals surface area contributed by atoms with Crippen LogP contribution < -0.4 is 14.5 Å². The van der Waals surface area contributed by atoms with Gasteiger partial charge in [0, 0.05) is 57.0 Å². The van der Waals surface area contributed by atoms with Crippen molar-refractivity contribution in [1.82, 2.24) is 9.88 Å². The lowest BCUT2D eigenvalue weighted by molar-refractivity contribution is -0.133. The lowest BCUT2D eigenvalue weighted by atomic mass is 10.0. The van der Waals surface area contributed by atoms with E-state index in [-0.39, 0.29) is 32.8 Å². The first-order chi connectivity index (χ1) is 17.8. The van der Waals surface area contributed by atoms with Crippen molar-refractivity contribution in [3.63, 3.8) is 0 Å². The third kappa shape index (κ3) is 5.69. The van der Waals surface area contributed by atoms with E-state index in [4.69, 9.17) is 11.6 Å². The maximum atomic E-state index is 13.3. The van der Waals surface area contributed by atoms with E-state index in [1.54, 1.807) is 34.5 Å². The summed E-state index contributed by atoms with van der Waals surface area (Å²) in [5.74, 6) is -0.0174. The molecule has 1 atom stereocenters. The van der Waals surface area contributed by atoms with Crippen LogP contribution in [-0.4, -0.2) is 74.7 Å². The van der Waals surface area contributed by atoms with Crippen LogP contribution in [0.1, 0.15) is 14.8 Å². The third-order valence-corrected chi connectivity index (χ3v) is 9.17. The first-order valence-electron chi connectivity index (χ1n) is 12.0. The third-order valence-electron chi connectivity index (χ3n) is 6.76. The lowest BCUT2D eigenvalue weighted by Gasteiger charge is -2.43. The minimum absolute atomic E-state index is 0. The zero-order chi connectivity index (χ0) is 26.0. The van der Waals surface area contributed by atoms with Gasteiger partial charge in [-0.25, -0.2) is 13.4 Å². The average Bonchev–Trinajstić information content (AvgIpc) is 3.40. The number of nitrogens with zero attached hydrogens (tertiary/aromatic N) is 4. The van der Waals surface area contributed by atoms with E-state index in [1.165, 1.54) is 17.5 Å². The molecule has 2 aliphatic heterocycles. The predicted octanol–water partition coefficient (Wildman–Crippen LogP) is 3.55. The van der Waals surface area contributed by atoms with Gasteiger partial charge in [-0.1, -0.05) is 11.6 Å². The zero-order valence-electron chi connectivity index (χ0n) is 20.1. The molecule has 5 rings (SSSR count). The van der Waals surface area contributed by atoms with E-state index in [0.29, 0.717) is 29.8 Å². The maximum Gasteiger partial charge on any atom is 0.263 e. The number of aliphatic hydroxyl groups is 1. The van der Waals surface area contributed by atoms with Crippen molar-refractivity contribution >= 4 is 55.4 Å². The molecule has 0 aliphatic carbocycles. The number of aliphatic hydroxyl groups excluding tert-OH is 1. The molecule has 0 radical (unpaired) electrons. The van der Waals surface area contributed by atoms with Gasteiger partial charge < -0.3 is 19.8 Å². The van der Waals surface area contributed by atoms with Gasteiger partial charge in [0.05, 0.1) is 24.1 Å². The second-order valence-corrected chi connectivity index (χ2v) is 12.1. The van der Waals surface area contributed by atoms with Gasteiger partial charge in [0.1, 0.15) is 0 Å². The Morgan fingerprint density at radius 1 is 1.19 bits per heavy atom. The molecule has 37 heavy (non-hydrogen) atoms. The smallest absolute Gasteiger partial charge is 0.263 e. The predicted molar refractivity (Wildman–Crippen MR) is 150 cm³/mol. The van der Waals surface area contributed by atoms with Gasteiger partial charge in [0.25, 0.3) is 10.0 Å². The molecule has 200 valence electrons. The van der Waals surface area contributed by atoms with Crippen LogP contribution in [0, 0.1) is 0 Å². The van der Waals surface area contributed by atoms with Crippen LogP contribution in [0.2, 0.25) is 5.02 Å². The Kier molecular flexibility index (Phi) is 7.57. The van der Waals surface area contributed by atoms with Crippen LogP contribution in [0.5, 0.6) is 0 Å². The van der Waals surface area contributed by atoms with Crippen molar-refractivity contribution in [2.75, 3.05) is 53.9 Å². The quantitative estimate of drug-likeness (QED) is 0.451. The van der Waals surface area contributed by atoms with Crippen LogP contribution >= 0.6 is 22.9 Å². The lowest BCUT2D eigenvalue weighted by Crippen LogP contribution is -2.58. The van der Waals surface area contributed by atoms with Crippen molar-refractivity contribution in [1.29, 1.82) is 0 Å². The molecule has 3 heterocycles. The number of hydrogen-bond acceptors (Lipinski definition) is 8. The summed E-state index contributed by atoms with van der Waals surface area (Å²) in [7, 11) is -3.73. The van der Waals surface area contributed by atoms with Gasteiger partial charge in [-0.2, -0.15) is 0 Å². The van der Waals surface area contributed by atoms with Gasteiger partial charge >= 0.3 is 0 Å². The number of benzene rings is 2. The largest absolute Gasteiger partial charge is 0.394 e. The van der Waals surface area contributed by atoms with Gasteiger partial charge in [-0.15, -0.1) is 11.3 Å².